The first kappa shape index (κ1) is 22.9. The third-order valence-electron chi connectivity index (χ3n) is 5.98. The van der Waals surface area contributed by atoms with Crippen LogP contribution in [0.2, 0.25) is 0 Å². The van der Waals surface area contributed by atoms with Crippen LogP contribution in [0.5, 0.6) is 17.2 Å². The maximum Gasteiger partial charge on any atom is 0.274 e. The molecule has 0 aromatic heterocycles. The van der Waals surface area contributed by atoms with Crippen molar-refractivity contribution in [2.24, 2.45) is 0 Å². The Morgan fingerprint density at radius 2 is 1.24 bits per heavy atom. The predicted octanol–water partition coefficient (Wildman–Crippen LogP) is 6.99. The van der Waals surface area contributed by atoms with E-state index in [9.17, 15) is 0 Å². The standard InChI is InChI=1S/C27H31N3O2S/c1-5-28(6-2)20-14-16-23-25(18-20)32-26-19-21(29(7-3)8-4)15-17-24(26)30(23)27(33)31-22-12-10-9-11-13-22/h9-19H,5-8H2,1-4H3. The smallest absolute Gasteiger partial charge is 0.274 e. The van der Waals surface area contributed by atoms with Gasteiger partial charge in [-0.3, -0.25) is 4.90 Å². The van der Waals surface area contributed by atoms with Crippen LogP contribution < -0.4 is 24.2 Å². The second-order valence-corrected chi connectivity index (χ2v) is 8.12. The fraction of sp³-hybridized carbons (Fsp3) is 0.296. The summed E-state index contributed by atoms with van der Waals surface area (Å²) in [5.74, 6) is 2.24. The van der Waals surface area contributed by atoms with E-state index in [1.54, 1.807) is 0 Å². The summed E-state index contributed by atoms with van der Waals surface area (Å²) < 4.78 is 12.5. The highest BCUT2D eigenvalue weighted by Gasteiger charge is 2.30. The van der Waals surface area contributed by atoms with Crippen molar-refractivity contribution in [3.8, 4) is 17.2 Å². The molecule has 33 heavy (non-hydrogen) atoms. The summed E-state index contributed by atoms with van der Waals surface area (Å²) in [5, 5.41) is 0.359. The van der Waals surface area contributed by atoms with Gasteiger partial charge in [0.2, 0.25) is 0 Å². The summed E-state index contributed by atoms with van der Waals surface area (Å²) in [7, 11) is 0. The van der Waals surface area contributed by atoms with E-state index in [1.807, 2.05) is 35.2 Å². The van der Waals surface area contributed by atoms with Gasteiger partial charge >= 0.3 is 0 Å². The highest BCUT2D eigenvalue weighted by molar-refractivity contribution is 7.80. The Hall–Kier alpha value is -3.25. The number of ether oxygens (including phenoxy) is 2. The van der Waals surface area contributed by atoms with E-state index in [0.29, 0.717) is 10.9 Å². The minimum absolute atomic E-state index is 0.359. The molecule has 1 aliphatic heterocycles. The minimum Gasteiger partial charge on any atom is -0.453 e. The lowest BCUT2D eigenvalue weighted by molar-refractivity contribution is 0.473. The van der Waals surface area contributed by atoms with Crippen molar-refractivity contribution in [3.05, 3.63) is 66.7 Å². The van der Waals surface area contributed by atoms with Gasteiger partial charge in [-0.2, -0.15) is 0 Å². The van der Waals surface area contributed by atoms with Gasteiger partial charge in [0.25, 0.3) is 5.17 Å². The van der Waals surface area contributed by atoms with Gasteiger partial charge in [-0.05, 0) is 76.3 Å². The molecule has 0 spiro atoms. The summed E-state index contributed by atoms with van der Waals surface area (Å²) in [6, 6.07) is 22.2. The van der Waals surface area contributed by atoms with Crippen molar-refractivity contribution < 1.29 is 9.47 Å². The van der Waals surface area contributed by atoms with Crippen LogP contribution >= 0.6 is 12.2 Å². The summed E-state index contributed by atoms with van der Waals surface area (Å²) in [6.45, 7) is 12.3. The van der Waals surface area contributed by atoms with Gasteiger partial charge in [-0.15, -0.1) is 0 Å². The van der Waals surface area contributed by atoms with E-state index < -0.39 is 0 Å². The van der Waals surface area contributed by atoms with Crippen molar-refractivity contribution in [1.29, 1.82) is 0 Å². The molecule has 3 aromatic rings. The van der Waals surface area contributed by atoms with E-state index >= 15 is 0 Å². The van der Waals surface area contributed by atoms with Crippen LogP contribution in [-0.4, -0.2) is 31.4 Å². The maximum atomic E-state index is 6.46. The van der Waals surface area contributed by atoms with Crippen LogP contribution in [0.15, 0.2) is 66.7 Å². The zero-order chi connectivity index (χ0) is 23.4. The molecule has 0 amide bonds. The Balaban J connectivity index is 1.78. The molecule has 1 aliphatic rings. The molecule has 172 valence electrons. The van der Waals surface area contributed by atoms with Gasteiger partial charge in [0, 0.05) is 49.7 Å². The summed E-state index contributed by atoms with van der Waals surface area (Å²) in [5.41, 5.74) is 3.98. The van der Waals surface area contributed by atoms with E-state index in [4.69, 9.17) is 21.7 Å². The van der Waals surface area contributed by atoms with Crippen molar-refractivity contribution in [3.63, 3.8) is 0 Å². The molecular weight excluding hydrogens is 430 g/mol. The first-order chi connectivity index (χ1) is 16.1. The van der Waals surface area contributed by atoms with E-state index in [2.05, 4.69) is 73.9 Å². The second kappa shape index (κ2) is 10.1. The van der Waals surface area contributed by atoms with Gasteiger partial charge in [-0.25, -0.2) is 0 Å². The Labute approximate surface area is 202 Å². The number of hydrogen-bond donors (Lipinski definition) is 0. The van der Waals surface area contributed by atoms with Gasteiger partial charge in [-0.1, -0.05) is 18.2 Å². The Morgan fingerprint density at radius 1 is 0.758 bits per heavy atom. The van der Waals surface area contributed by atoms with Gasteiger partial charge in [0.1, 0.15) is 5.75 Å². The average Bonchev–Trinajstić information content (AvgIpc) is 2.84. The highest BCUT2D eigenvalue weighted by Crippen LogP contribution is 2.49. The normalized spacial score (nSPS) is 11.8. The lowest BCUT2D eigenvalue weighted by Crippen LogP contribution is -2.31. The molecule has 6 heteroatoms. The second-order valence-electron chi connectivity index (χ2n) is 7.77. The molecule has 0 radical (unpaired) electrons. The number of benzene rings is 3. The highest BCUT2D eigenvalue weighted by atomic mass is 32.1. The third kappa shape index (κ3) is 4.62. The fourth-order valence-electron chi connectivity index (χ4n) is 4.19. The molecule has 0 atom stereocenters. The quantitative estimate of drug-likeness (QED) is 0.352. The number of nitrogens with zero attached hydrogens (tertiary/aromatic N) is 3. The number of rotatable bonds is 7. The number of fused-ring (bicyclic) bond motifs is 2. The molecule has 0 N–H and O–H groups in total. The molecule has 3 aromatic carbocycles. The Bertz CT molecular complexity index is 1050. The molecule has 0 aliphatic carbocycles. The first-order valence-electron chi connectivity index (χ1n) is 11.6. The number of hydrogen-bond acceptors (Lipinski definition) is 5. The van der Waals surface area contributed by atoms with Crippen molar-refractivity contribution in [2.75, 3.05) is 40.9 Å². The fourth-order valence-corrected chi connectivity index (χ4v) is 4.48. The molecule has 0 fully saturated rings. The van der Waals surface area contributed by atoms with Crippen LogP contribution in [0.3, 0.4) is 0 Å². The summed E-state index contributed by atoms with van der Waals surface area (Å²) in [6.07, 6.45) is 0. The largest absolute Gasteiger partial charge is 0.453 e. The van der Waals surface area contributed by atoms with Crippen LogP contribution in [-0.2, 0) is 0 Å². The zero-order valence-electron chi connectivity index (χ0n) is 19.7. The van der Waals surface area contributed by atoms with Crippen molar-refractivity contribution in [2.45, 2.75) is 27.7 Å². The number of thiocarbonyl (C=S) groups is 1. The molecule has 0 saturated heterocycles. The van der Waals surface area contributed by atoms with Crippen molar-refractivity contribution >= 4 is 40.1 Å². The summed E-state index contributed by atoms with van der Waals surface area (Å²) in [4.78, 5) is 6.57. The number of anilines is 4. The topological polar surface area (TPSA) is 28.2 Å². The van der Waals surface area contributed by atoms with Gasteiger partial charge in [0.05, 0.1) is 11.4 Å². The van der Waals surface area contributed by atoms with Crippen LogP contribution in [0.4, 0.5) is 22.7 Å². The van der Waals surface area contributed by atoms with Crippen LogP contribution in [0.25, 0.3) is 0 Å². The maximum absolute atomic E-state index is 6.46. The van der Waals surface area contributed by atoms with E-state index in [1.165, 1.54) is 0 Å². The van der Waals surface area contributed by atoms with Crippen molar-refractivity contribution in [1.82, 2.24) is 0 Å². The molecule has 1 heterocycles. The minimum atomic E-state index is 0.359. The molecule has 0 bridgehead atoms. The Kier molecular flexibility index (Phi) is 7.04. The average molecular weight is 462 g/mol. The molecular formula is C27H31N3O2S. The third-order valence-corrected chi connectivity index (χ3v) is 6.24. The summed E-state index contributed by atoms with van der Waals surface area (Å²) >= 11 is 5.80. The lowest BCUT2D eigenvalue weighted by atomic mass is 10.1. The van der Waals surface area contributed by atoms with E-state index in [-0.39, 0.29) is 0 Å². The zero-order valence-corrected chi connectivity index (χ0v) is 20.6. The lowest BCUT2D eigenvalue weighted by Gasteiger charge is -2.34. The van der Waals surface area contributed by atoms with Crippen LogP contribution in [0.1, 0.15) is 27.7 Å². The SMILES string of the molecule is CCN(CC)c1ccc2c(c1)Oc1cc(N(CC)CC)ccc1N2C(=S)Oc1ccccc1. The monoisotopic (exact) mass is 461 g/mol. The number of para-hydroxylation sites is 1. The molecule has 0 unspecified atom stereocenters. The van der Waals surface area contributed by atoms with Crippen LogP contribution in [0, 0.1) is 0 Å². The first-order valence-corrected chi connectivity index (χ1v) is 12.0. The van der Waals surface area contributed by atoms with Gasteiger partial charge < -0.3 is 19.3 Å². The molecule has 4 rings (SSSR count). The van der Waals surface area contributed by atoms with E-state index in [0.717, 1.165) is 60.4 Å². The molecule has 5 nitrogen and oxygen atoms in total. The van der Waals surface area contributed by atoms with Gasteiger partial charge in [0.15, 0.2) is 11.5 Å². The molecule has 0 saturated carbocycles. The predicted molar refractivity (Wildman–Crippen MR) is 142 cm³/mol. The Morgan fingerprint density at radius 3 is 1.70 bits per heavy atom.